The molecule has 25 heavy (non-hydrogen) atoms. The number of hydrogen-bond donors (Lipinski definition) is 1. The average molecular weight is 359 g/mol. The fourth-order valence-corrected chi connectivity index (χ4v) is 3.87. The lowest BCUT2D eigenvalue weighted by atomic mass is 10.1. The summed E-state index contributed by atoms with van der Waals surface area (Å²) in [6.45, 7) is 9.09. The molecule has 1 saturated heterocycles. The lowest BCUT2D eigenvalue weighted by molar-refractivity contribution is 0.0623. The minimum Gasteiger partial charge on any atom is -0.336 e. The van der Waals surface area contributed by atoms with Crippen LogP contribution in [0.5, 0.6) is 0 Å². The molecule has 0 radical (unpaired) electrons. The van der Waals surface area contributed by atoms with E-state index >= 15 is 0 Å². The van der Waals surface area contributed by atoms with Crippen LogP contribution in [0.15, 0.2) is 35.7 Å². The number of piperazine rings is 1. The summed E-state index contributed by atoms with van der Waals surface area (Å²) in [7, 11) is 0. The summed E-state index contributed by atoms with van der Waals surface area (Å²) >= 11 is 1.56. The number of thioether (sulfide) groups is 1. The number of aromatic nitrogens is 3. The van der Waals surface area contributed by atoms with Crippen molar-refractivity contribution in [2.45, 2.75) is 24.8 Å². The van der Waals surface area contributed by atoms with E-state index in [1.807, 2.05) is 29.2 Å². The molecule has 0 aliphatic carbocycles. The predicted molar refractivity (Wildman–Crippen MR) is 99.6 cm³/mol. The zero-order chi connectivity index (χ0) is 17.6. The van der Waals surface area contributed by atoms with Crippen LogP contribution in [0, 0.1) is 5.92 Å². The van der Waals surface area contributed by atoms with Crippen LogP contribution in [-0.2, 0) is 5.75 Å². The standard InChI is InChI=1S/C18H25N5OS/c1-14(2)11-22-7-9-23(10-8-22)17(24)16-6-4-3-5-15(16)12-25-18-19-13-20-21-18/h3-6,13-14H,7-12H2,1-2H3,(H,19,20,21). The maximum atomic E-state index is 13.0. The van der Waals surface area contributed by atoms with Gasteiger partial charge in [0.1, 0.15) is 6.33 Å². The van der Waals surface area contributed by atoms with E-state index in [0.29, 0.717) is 11.7 Å². The molecule has 1 aromatic carbocycles. The van der Waals surface area contributed by atoms with Crippen molar-refractivity contribution in [1.82, 2.24) is 25.0 Å². The van der Waals surface area contributed by atoms with Crippen LogP contribution in [0.1, 0.15) is 29.8 Å². The van der Waals surface area contributed by atoms with Gasteiger partial charge in [0.25, 0.3) is 5.91 Å². The van der Waals surface area contributed by atoms with Crippen molar-refractivity contribution >= 4 is 17.7 Å². The molecule has 0 saturated carbocycles. The molecule has 2 heterocycles. The van der Waals surface area contributed by atoms with E-state index in [1.165, 1.54) is 6.33 Å². The van der Waals surface area contributed by atoms with E-state index < -0.39 is 0 Å². The summed E-state index contributed by atoms with van der Waals surface area (Å²) < 4.78 is 0. The third kappa shape index (κ3) is 4.83. The van der Waals surface area contributed by atoms with Crippen molar-refractivity contribution < 1.29 is 4.79 Å². The highest BCUT2D eigenvalue weighted by atomic mass is 32.2. The van der Waals surface area contributed by atoms with Crippen LogP contribution >= 0.6 is 11.8 Å². The molecule has 0 atom stereocenters. The van der Waals surface area contributed by atoms with Crippen molar-refractivity contribution in [3.8, 4) is 0 Å². The third-order valence-corrected chi connectivity index (χ3v) is 5.21. The molecule has 134 valence electrons. The molecule has 0 bridgehead atoms. The van der Waals surface area contributed by atoms with Gasteiger partial charge in [0.05, 0.1) is 0 Å². The highest BCUT2D eigenvalue weighted by Gasteiger charge is 2.23. The van der Waals surface area contributed by atoms with E-state index in [-0.39, 0.29) is 5.91 Å². The number of hydrogen-bond acceptors (Lipinski definition) is 5. The first-order valence-corrected chi connectivity index (χ1v) is 9.69. The van der Waals surface area contributed by atoms with Crippen molar-refractivity contribution in [2.24, 2.45) is 5.92 Å². The summed E-state index contributed by atoms with van der Waals surface area (Å²) in [5, 5.41) is 7.47. The van der Waals surface area contributed by atoms with Crippen LogP contribution in [0.2, 0.25) is 0 Å². The zero-order valence-corrected chi connectivity index (χ0v) is 15.6. The number of H-pyrrole nitrogens is 1. The molecule has 1 aliphatic heterocycles. The fourth-order valence-electron chi connectivity index (χ4n) is 3.09. The molecule has 7 heteroatoms. The van der Waals surface area contributed by atoms with Crippen LogP contribution in [0.4, 0.5) is 0 Å². The number of benzene rings is 1. The lowest BCUT2D eigenvalue weighted by Crippen LogP contribution is -2.49. The summed E-state index contributed by atoms with van der Waals surface area (Å²) in [4.78, 5) is 21.5. The summed E-state index contributed by atoms with van der Waals surface area (Å²) in [6, 6.07) is 7.86. The van der Waals surface area contributed by atoms with Gasteiger partial charge in [-0.25, -0.2) is 4.98 Å². The van der Waals surface area contributed by atoms with Gasteiger partial charge in [0, 0.05) is 44.0 Å². The largest absolute Gasteiger partial charge is 0.336 e. The maximum Gasteiger partial charge on any atom is 0.254 e. The average Bonchev–Trinajstić information content (AvgIpc) is 3.13. The first kappa shape index (κ1) is 17.9. The van der Waals surface area contributed by atoms with E-state index in [0.717, 1.165) is 49.0 Å². The number of nitrogens with one attached hydrogen (secondary N) is 1. The number of amides is 1. The molecular formula is C18H25N5OS. The van der Waals surface area contributed by atoms with E-state index in [4.69, 9.17) is 0 Å². The molecule has 6 nitrogen and oxygen atoms in total. The van der Waals surface area contributed by atoms with Gasteiger partial charge in [0.15, 0.2) is 5.16 Å². The minimum atomic E-state index is 0.137. The van der Waals surface area contributed by atoms with Gasteiger partial charge in [-0.2, -0.15) is 5.10 Å². The Bertz CT molecular complexity index is 681. The molecule has 1 fully saturated rings. The van der Waals surface area contributed by atoms with Crippen LogP contribution in [-0.4, -0.2) is 63.6 Å². The van der Waals surface area contributed by atoms with Crippen molar-refractivity contribution in [1.29, 1.82) is 0 Å². The Kier molecular flexibility index (Phi) is 6.09. The molecule has 1 aromatic heterocycles. The smallest absolute Gasteiger partial charge is 0.254 e. The number of rotatable bonds is 6. The Balaban J connectivity index is 1.62. The van der Waals surface area contributed by atoms with Gasteiger partial charge >= 0.3 is 0 Å². The van der Waals surface area contributed by atoms with E-state index in [1.54, 1.807) is 11.8 Å². The van der Waals surface area contributed by atoms with Gasteiger partial charge < -0.3 is 4.90 Å². The second kappa shape index (κ2) is 8.49. The van der Waals surface area contributed by atoms with E-state index in [9.17, 15) is 4.79 Å². The number of carbonyl (C=O) groups is 1. The molecule has 0 spiro atoms. The highest BCUT2D eigenvalue weighted by Crippen LogP contribution is 2.22. The predicted octanol–water partition coefficient (Wildman–Crippen LogP) is 2.51. The Morgan fingerprint density at radius 3 is 2.68 bits per heavy atom. The summed E-state index contributed by atoms with van der Waals surface area (Å²) in [6.07, 6.45) is 1.50. The van der Waals surface area contributed by atoms with Gasteiger partial charge in [0.2, 0.25) is 0 Å². The Labute approximate surface area is 153 Å². The lowest BCUT2D eigenvalue weighted by Gasteiger charge is -2.35. The number of nitrogens with zero attached hydrogens (tertiary/aromatic N) is 4. The van der Waals surface area contributed by atoms with Crippen LogP contribution < -0.4 is 0 Å². The molecule has 2 aromatic rings. The fraction of sp³-hybridized carbons (Fsp3) is 0.500. The molecule has 3 rings (SSSR count). The first-order valence-electron chi connectivity index (χ1n) is 8.71. The normalized spacial score (nSPS) is 15.7. The molecule has 1 aliphatic rings. The molecular weight excluding hydrogens is 334 g/mol. The summed E-state index contributed by atoms with van der Waals surface area (Å²) in [5.41, 5.74) is 1.84. The molecule has 0 unspecified atom stereocenters. The Hall–Kier alpha value is -1.86. The zero-order valence-electron chi connectivity index (χ0n) is 14.8. The van der Waals surface area contributed by atoms with Gasteiger partial charge in [-0.15, -0.1) is 0 Å². The summed E-state index contributed by atoms with van der Waals surface area (Å²) in [5.74, 6) is 1.50. The molecule has 1 amide bonds. The number of aromatic amines is 1. The second-order valence-electron chi connectivity index (χ2n) is 6.72. The quantitative estimate of drug-likeness (QED) is 0.803. The topological polar surface area (TPSA) is 65.1 Å². The highest BCUT2D eigenvalue weighted by molar-refractivity contribution is 7.98. The monoisotopic (exact) mass is 359 g/mol. The van der Waals surface area contributed by atoms with Gasteiger partial charge in [-0.3, -0.25) is 14.8 Å². The Morgan fingerprint density at radius 1 is 1.24 bits per heavy atom. The van der Waals surface area contributed by atoms with Crippen molar-refractivity contribution in [2.75, 3.05) is 32.7 Å². The molecule has 1 N–H and O–H groups in total. The van der Waals surface area contributed by atoms with Crippen LogP contribution in [0.25, 0.3) is 0 Å². The van der Waals surface area contributed by atoms with Crippen molar-refractivity contribution in [3.05, 3.63) is 41.7 Å². The third-order valence-electron chi connectivity index (χ3n) is 4.29. The first-order chi connectivity index (χ1) is 12.1. The maximum absolute atomic E-state index is 13.0. The second-order valence-corrected chi connectivity index (χ2v) is 7.69. The van der Waals surface area contributed by atoms with E-state index in [2.05, 4.69) is 33.9 Å². The van der Waals surface area contributed by atoms with Gasteiger partial charge in [-0.1, -0.05) is 43.8 Å². The van der Waals surface area contributed by atoms with Crippen LogP contribution in [0.3, 0.4) is 0 Å². The SMILES string of the molecule is CC(C)CN1CCN(C(=O)c2ccccc2CSc2ncn[nH]2)CC1. The van der Waals surface area contributed by atoms with Gasteiger partial charge in [-0.05, 0) is 17.5 Å². The Morgan fingerprint density at radius 2 is 2.00 bits per heavy atom. The van der Waals surface area contributed by atoms with Crippen molar-refractivity contribution in [3.63, 3.8) is 0 Å². The minimum absolute atomic E-state index is 0.137. The number of carbonyl (C=O) groups excluding carboxylic acids is 1.